The Balaban J connectivity index is 1.67. The Morgan fingerprint density at radius 2 is 1.75 bits per heavy atom. The molecular formula is C21H20F3N5O3. The van der Waals surface area contributed by atoms with Crippen LogP contribution in [0.1, 0.15) is 28.7 Å². The lowest BCUT2D eigenvalue weighted by atomic mass is 10.1. The number of nitrogens with zero attached hydrogens (tertiary/aromatic N) is 3. The standard InChI is InChI=1S/C21H20F3N5O3/c1-3-32-15-10-8-14(9-11-15)25-20(31)19-13(2)29(28-27-19)12-18(30)26-17-7-5-4-6-16(17)21(22,23)24/h4-11H,3,12H2,1-2H3,(H,25,31)(H,26,30). The summed E-state index contributed by atoms with van der Waals surface area (Å²) in [5, 5.41) is 12.5. The molecular weight excluding hydrogens is 427 g/mol. The van der Waals surface area contributed by atoms with E-state index in [1.54, 1.807) is 24.3 Å². The molecule has 2 amide bonds. The number of aromatic nitrogens is 3. The van der Waals surface area contributed by atoms with E-state index in [4.69, 9.17) is 4.74 Å². The number of hydrogen-bond acceptors (Lipinski definition) is 5. The van der Waals surface area contributed by atoms with Gasteiger partial charge in [0.1, 0.15) is 12.3 Å². The summed E-state index contributed by atoms with van der Waals surface area (Å²) < 4.78 is 45.8. The van der Waals surface area contributed by atoms with Crippen LogP contribution in [0.4, 0.5) is 24.5 Å². The Labute approximate surface area is 181 Å². The maximum absolute atomic E-state index is 13.1. The van der Waals surface area contributed by atoms with Gasteiger partial charge in [0.15, 0.2) is 5.69 Å². The molecule has 8 nitrogen and oxygen atoms in total. The van der Waals surface area contributed by atoms with E-state index in [9.17, 15) is 22.8 Å². The zero-order valence-corrected chi connectivity index (χ0v) is 17.2. The van der Waals surface area contributed by atoms with Gasteiger partial charge in [-0.25, -0.2) is 4.68 Å². The molecule has 1 aromatic heterocycles. The van der Waals surface area contributed by atoms with Crippen molar-refractivity contribution in [2.75, 3.05) is 17.2 Å². The van der Waals surface area contributed by atoms with Crippen LogP contribution in [0, 0.1) is 6.92 Å². The molecule has 1 heterocycles. The predicted octanol–water partition coefficient (Wildman–Crippen LogP) is 3.90. The molecule has 168 valence electrons. The van der Waals surface area contributed by atoms with Crippen molar-refractivity contribution in [3.63, 3.8) is 0 Å². The van der Waals surface area contributed by atoms with Gasteiger partial charge in [-0.3, -0.25) is 9.59 Å². The zero-order valence-electron chi connectivity index (χ0n) is 17.2. The van der Waals surface area contributed by atoms with Crippen molar-refractivity contribution in [1.82, 2.24) is 15.0 Å². The monoisotopic (exact) mass is 447 g/mol. The number of nitrogens with one attached hydrogen (secondary N) is 2. The molecule has 0 saturated heterocycles. The minimum absolute atomic E-state index is 0.0117. The Morgan fingerprint density at radius 3 is 2.41 bits per heavy atom. The van der Waals surface area contributed by atoms with Crippen molar-refractivity contribution in [3.8, 4) is 5.75 Å². The van der Waals surface area contributed by atoms with Crippen LogP contribution in [0.3, 0.4) is 0 Å². The summed E-state index contributed by atoms with van der Waals surface area (Å²) in [6, 6.07) is 11.4. The smallest absolute Gasteiger partial charge is 0.418 e. The summed E-state index contributed by atoms with van der Waals surface area (Å²) in [6.07, 6.45) is -4.61. The fourth-order valence-corrected chi connectivity index (χ4v) is 2.88. The van der Waals surface area contributed by atoms with Crippen molar-refractivity contribution in [3.05, 3.63) is 65.5 Å². The maximum Gasteiger partial charge on any atom is 0.418 e. The van der Waals surface area contributed by atoms with Crippen LogP contribution in [0.2, 0.25) is 0 Å². The fraction of sp³-hybridized carbons (Fsp3) is 0.238. The first-order chi connectivity index (χ1) is 15.2. The van der Waals surface area contributed by atoms with Crippen molar-refractivity contribution < 1.29 is 27.5 Å². The Hall–Kier alpha value is -3.89. The van der Waals surface area contributed by atoms with E-state index in [1.165, 1.54) is 19.1 Å². The second-order valence-electron chi connectivity index (χ2n) is 6.68. The highest BCUT2D eigenvalue weighted by atomic mass is 19.4. The number of carbonyl (C=O) groups excluding carboxylic acids is 2. The molecule has 32 heavy (non-hydrogen) atoms. The van der Waals surface area contributed by atoms with Gasteiger partial charge in [-0.15, -0.1) is 5.10 Å². The summed E-state index contributed by atoms with van der Waals surface area (Å²) in [4.78, 5) is 24.8. The highest BCUT2D eigenvalue weighted by Gasteiger charge is 2.33. The van der Waals surface area contributed by atoms with E-state index in [0.29, 0.717) is 18.0 Å². The third kappa shape index (κ3) is 5.42. The van der Waals surface area contributed by atoms with Crippen LogP contribution in [-0.2, 0) is 17.5 Å². The average Bonchev–Trinajstić information content (AvgIpc) is 3.09. The van der Waals surface area contributed by atoms with Crippen LogP contribution in [0.5, 0.6) is 5.75 Å². The van der Waals surface area contributed by atoms with Gasteiger partial charge in [-0.2, -0.15) is 13.2 Å². The van der Waals surface area contributed by atoms with E-state index >= 15 is 0 Å². The molecule has 0 aliphatic heterocycles. The number of ether oxygens (including phenoxy) is 1. The summed E-state index contributed by atoms with van der Waals surface area (Å²) in [5.74, 6) is -0.625. The molecule has 0 aliphatic carbocycles. The lowest BCUT2D eigenvalue weighted by molar-refractivity contribution is -0.137. The molecule has 2 aromatic carbocycles. The molecule has 11 heteroatoms. The van der Waals surface area contributed by atoms with Crippen molar-refractivity contribution in [1.29, 1.82) is 0 Å². The molecule has 0 saturated carbocycles. The fourth-order valence-electron chi connectivity index (χ4n) is 2.88. The van der Waals surface area contributed by atoms with Crippen LogP contribution in [0.15, 0.2) is 48.5 Å². The third-order valence-corrected chi connectivity index (χ3v) is 4.42. The minimum atomic E-state index is -4.61. The average molecular weight is 447 g/mol. The van der Waals surface area contributed by atoms with Crippen LogP contribution in [-0.4, -0.2) is 33.4 Å². The molecule has 2 N–H and O–H groups in total. The van der Waals surface area contributed by atoms with E-state index < -0.39 is 30.1 Å². The van der Waals surface area contributed by atoms with E-state index in [1.807, 2.05) is 6.92 Å². The van der Waals surface area contributed by atoms with Crippen LogP contribution >= 0.6 is 0 Å². The number of hydrogen-bond donors (Lipinski definition) is 2. The molecule has 3 aromatic rings. The topological polar surface area (TPSA) is 98.1 Å². The van der Waals surface area contributed by atoms with Gasteiger partial charge < -0.3 is 15.4 Å². The predicted molar refractivity (Wildman–Crippen MR) is 110 cm³/mol. The first-order valence-corrected chi connectivity index (χ1v) is 9.59. The second kappa shape index (κ2) is 9.50. The molecule has 0 aliphatic rings. The second-order valence-corrected chi connectivity index (χ2v) is 6.68. The van der Waals surface area contributed by atoms with Crippen molar-refractivity contribution in [2.45, 2.75) is 26.6 Å². The molecule has 3 rings (SSSR count). The van der Waals surface area contributed by atoms with Gasteiger partial charge >= 0.3 is 6.18 Å². The number of para-hydroxylation sites is 1. The Morgan fingerprint density at radius 1 is 1.06 bits per heavy atom. The number of amides is 2. The van der Waals surface area contributed by atoms with E-state index in [2.05, 4.69) is 20.9 Å². The van der Waals surface area contributed by atoms with Gasteiger partial charge in [0.25, 0.3) is 5.91 Å². The van der Waals surface area contributed by atoms with Gasteiger partial charge in [0.2, 0.25) is 5.91 Å². The summed E-state index contributed by atoms with van der Waals surface area (Å²) in [7, 11) is 0. The molecule has 0 spiro atoms. The number of benzene rings is 2. The number of carbonyl (C=O) groups is 2. The Kier molecular flexibility index (Phi) is 6.76. The molecule has 0 radical (unpaired) electrons. The Bertz CT molecular complexity index is 1110. The van der Waals surface area contributed by atoms with Crippen molar-refractivity contribution >= 4 is 23.2 Å². The van der Waals surface area contributed by atoms with E-state index in [0.717, 1.165) is 16.8 Å². The normalized spacial score (nSPS) is 11.2. The zero-order chi connectivity index (χ0) is 23.3. The summed E-state index contributed by atoms with van der Waals surface area (Å²) in [5.41, 5.74) is -0.542. The summed E-state index contributed by atoms with van der Waals surface area (Å²) in [6.45, 7) is 3.49. The van der Waals surface area contributed by atoms with Crippen LogP contribution in [0.25, 0.3) is 0 Å². The molecule has 0 bridgehead atoms. The first kappa shape index (κ1) is 22.8. The third-order valence-electron chi connectivity index (χ3n) is 4.42. The highest BCUT2D eigenvalue weighted by Crippen LogP contribution is 2.34. The highest BCUT2D eigenvalue weighted by molar-refractivity contribution is 6.03. The minimum Gasteiger partial charge on any atom is -0.494 e. The van der Waals surface area contributed by atoms with Gasteiger partial charge in [-0.1, -0.05) is 17.3 Å². The van der Waals surface area contributed by atoms with Gasteiger partial charge in [0.05, 0.1) is 23.6 Å². The largest absolute Gasteiger partial charge is 0.494 e. The van der Waals surface area contributed by atoms with E-state index in [-0.39, 0.29) is 17.1 Å². The lowest BCUT2D eigenvalue weighted by Crippen LogP contribution is -2.22. The van der Waals surface area contributed by atoms with Crippen LogP contribution < -0.4 is 15.4 Å². The molecule has 0 unspecified atom stereocenters. The lowest BCUT2D eigenvalue weighted by Gasteiger charge is -2.13. The molecule has 0 fully saturated rings. The van der Waals surface area contributed by atoms with Gasteiger partial charge in [0, 0.05) is 5.69 Å². The number of halogens is 3. The quantitative estimate of drug-likeness (QED) is 0.573. The van der Waals surface area contributed by atoms with Crippen molar-refractivity contribution in [2.24, 2.45) is 0 Å². The number of alkyl halides is 3. The molecule has 0 atom stereocenters. The first-order valence-electron chi connectivity index (χ1n) is 9.59. The summed E-state index contributed by atoms with van der Waals surface area (Å²) >= 11 is 0. The maximum atomic E-state index is 13.1. The SMILES string of the molecule is CCOc1ccc(NC(=O)c2nnn(CC(=O)Nc3ccccc3C(F)(F)F)c2C)cc1. The van der Waals surface area contributed by atoms with Gasteiger partial charge in [-0.05, 0) is 50.2 Å². The number of anilines is 2. The number of rotatable bonds is 7.